The Balaban J connectivity index is 3.85. The summed E-state index contributed by atoms with van der Waals surface area (Å²) in [6.07, 6.45) is 0.847. The van der Waals surface area contributed by atoms with Crippen LogP contribution in [0.15, 0.2) is 11.6 Å². The third kappa shape index (κ3) is 2.38. The fourth-order valence-corrected chi connectivity index (χ4v) is 0.222. The van der Waals surface area contributed by atoms with E-state index in [1.807, 2.05) is 6.07 Å². The van der Waals surface area contributed by atoms with E-state index in [9.17, 15) is 0 Å². The summed E-state index contributed by atoms with van der Waals surface area (Å²) < 4.78 is 0. The molecular weight excluding hydrogens is 102 g/mol. The molecule has 2 heteroatoms. The van der Waals surface area contributed by atoms with Crippen molar-refractivity contribution in [1.82, 2.24) is 0 Å². The van der Waals surface area contributed by atoms with E-state index >= 15 is 0 Å². The highest BCUT2D eigenvalue weighted by atomic mass is 16.3. The Hall–Kier alpha value is -0.810. The molecule has 0 aromatic carbocycles. The fourth-order valence-electron chi connectivity index (χ4n) is 0.222. The predicted molar refractivity (Wildman–Crippen MR) is 31.1 cm³/mol. The van der Waals surface area contributed by atoms with Gasteiger partial charge >= 0.3 is 0 Å². The first-order valence-corrected chi connectivity index (χ1v) is 2.43. The van der Waals surface area contributed by atoms with E-state index in [1.165, 1.54) is 6.08 Å². The number of aliphatic hydroxyl groups is 1. The second-order valence-electron chi connectivity index (χ2n) is 1.69. The van der Waals surface area contributed by atoms with E-state index in [4.69, 9.17) is 10.4 Å². The van der Waals surface area contributed by atoms with E-state index in [0.717, 1.165) is 0 Å². The summed E-state index contributed by atoms with van der Waals surface area (Å²) in [6.45, 7) is 3.34. The van der Waals surface area contributed by atoms with Gasteiger partial charge in [0, 0.05) is 6.08 Å². The van der Waals surface area contributed by atoms with Crippen LogP contribution in [0.5, 0.6) is 0 Å². The number of aliphatic hydroxyl groups excluding tert-OH is 1. The molecule has 0 saturated heterocycles. The number of nitrogens with zero attached hydrogens (tertiary/aromatic N) is 1. The van der Waals surface area contributed by atoms with Crippen LogP contribution in [0.3, 0.4) is 0 Å². The van der Waals surface area contributed by atoms with Crippen LogP contribution >= 0.6 is 0 Å². The van der Waals surface area contributed by atoms with E-state index in [2.05, 4.69) is 0 Å². The van der Waals surface area contributed by atoms with E-state index in [0.29, 0.717) is 5.57 Å². The highest BCUT2D eigenvalue weighted by molar-refractivity contribution is 5.13. The maximum Gasteiger partial charge on any atom is 0.0912 e. The molecule has 2 nitrogen and oxygen atoms in total. The number of hydrogen-bond acceptors (Lipinski definition) is 2. The molecule has 44 valence electrons. The van der Waals surface area contributed by atoms with Crippen LogP contribution < -0.4 is 0 Å². The van der Waals surface area contributed by atoms with Crippen LogP contribution in [0.4, 0.5) is 0 Å². The lowest BCUT2D eigenvalue weighted by atomic mass is 10.2. The Kier molecular flexibility index (Phi) is 2.90. The number of allylic oxidation sites excluding steroid dienone is 1. The van der Waals surface area contributed by atoms with Gasteiger partial charge in [0.05, 0.1) is 12.2 Å². The van der Waals surface area contributed by atoms with Crippen LogP contribution in [0, 0.1) is 11.3 Å². The molecule has 0 rings (SSSR count). The topological polar surface area (TPSA) is 44.0 Å². The Labute approximate surface area is 49.1 Å². The molecule has 1 N–H and O–H groups in total. The van der Waals surface area contributed by atoms with Crippen molar-refractivity contribution in [2.45, 2.75) is 20.0 Å². The van der Waals surface area contributed by atoms with Gasteiger partial charge in [0.2, 0.25) is 0 Å². The Morgan fingerprint density at radius 3 is 2.50 bits per heavy atom. The van der Waals surface area contributed by atoms with Gasteiger partial charge in [0.25, 0.3) is 0 Å². The maximum absolute atomic E-state index is 8.73. The Morgan fingerprint density at radius 2 is 2.38 bits per heavy atom. The van der Waals surface area contributed by atoms with Crippen LogP contribution in [-0.4, -0.2) is 11.2 Å². The van der Waals surface area contributed by atoms with Gasteiger partial charge in [-0.1, -0.05) is 0 Å². The molecule has 0 fully saturated rings. The number of hydrogen-bond donors (Lipinski definition) is 1. The standard InChI is InChI=1S/C6H9NO/c1-5(3-4-7)6(2)8/h3,6,8H,1-2H3/b5-3+. The van der Waals surface area contributed by atoms with E-state index < -0.39 is 6.10 Å². The summed E-state index contributed by atoms with van der Waals surface area (Å²) in [4.78, 5) is 0. The quantitative estimate of drug-likeness (QED) is 0.509. The first kappa shape index (κ1) is 7.19. The third-order valence-corrected chi connectivity index (χ3v) is 0.951. The second-order valence-corrected chi connectivity index (χ2v) is 1.69. The highest BCUT2D eigenvalue weighted by Gasteiger charge is 1.94. The van der Waals surface area contributed by atoms with Crippen LogP contribution in [0.1, 0.15) is 13.8 Å². The van der Waals surface area contributed by atoms with Crippen LogP contribution in [-0.2, 0) is 0 Å². The van der Waals surface area contributed by atoms with E-state index in [1.54, 1.807) is 13.8 Å². The molecule has 0 radical (unpaired) electrons. The largest absolute Gasteiger partial charge is 0.389 e. The zero-order chi connectivity index (χ0) is 6.57. The van der Waals surface area contributed by atoms with Crippen molar-refractivity contribution >= 4 is 0 Å². The monoisotopic (exact) mass is 111 g/mol. The van der Waals surface area contributed by atoms with Crippen molar-refractivity contribution in [2.24, 2.45) is 0 Å². The van der Waals surface area contributed by atoms with Crippen LogP contribution in [0.25, 0.3) is 0 Å². The minimum atomic E-state index is -0.491. The van der Waals surface area contributed by atoms with Gasteiger partial charge in [0.1, 0.15) is 0 Å². The summed E-state index contributed by atoms with van der Waals surface area (Å²) in [7, 11) is 0. The van der Waals surface area contributed by atoms with Gasteiger partial charge in [-0.3, -0.25) is 0 Å². The van der Waals surface area contributed by atoms with Gasteiger partial charge < -0.3 is 5.11 Å². The number of nitriles is 1. The molecular formula is C6H9NO. The normalized spacial score (nSPS) is 15.0. The van der Waals surface area contributed by atoms with Crippen LogP contribution in [0.2, 0.25) is 0 Å². The predicted octanol–water partition coefficient (Wildman–Crippen LogP) is 0.837. The molecule has 0 aliphatic heterocycles. The zero-order valence-electron chi connectivity index (χ0n) is 5.05. The molecule has 0 bridgehead atoms. The second kappa shape index (κ2) is 3.23. The molecule has 0 heterocycles. The molecule has 0 aliphatic rings. The first-order valence-electron chi connectivity index (χ1n) is 2.43. The van der Waals surface area contributed by atoms with Gasteiger partial charge in [-0.2, -0.15) is 5.26 Å². The molecule has 1 unspecified atom stereocenters. The summed E-state index contributed by atoms with van der Waals surface area (Å²) in [5, 5.41) is 16.8. The minimum Gasteiger partial charge on any atom is -0.389 e. The Morgan fingerprint density at radius 1 is 1.88 bits per heavy atom. The van der Waals surface area contributed by atoms with Crippen molar-refractivity contribution in [2.75, 3.05) is 0 Å². The number of rotatable bonds is 1. The summed E-state index contributed by atoms with van der Waals surface area (Å²) in [5.41, 5.74) is 0.701. The highest BCUT2D eigenvalue weighted by Crippen LogP contribution is 1.96. The van der Waals surface area contributed by atoms with Crippen molar-refractivity contribution < 1.29 is 5.11 Å². The average Bonchev–Trinajstić information content (AvgIpc) is 1.67. The first-order chi connectivity index (χ1) is 3.68. The van der Waals surface area contributed by atoms with Gasteiger partial charge in [-0.05, 0) is 19.4 Å². The molecule has 0 aromatic rings. The summed E-state index contributed by atoms with van der Waals surface area (Å²) in [6, 6.07) is 1.83. The molecule has 0 aromatic heterocycles. The van der Waals surface area contributed by atoms with E-state index in [-0.39, 0.29) is 0 Å². The average molecular weight is 111 g/mol. The molecule has 8 heavy (non-hydrogen) atoms. The van der Waals surface area contributed by atoms with Crippen molar-refractivity contribution in [1.29, 1.82) is 5.26 Å². The zero-order valence-corrected chi connectivity index (χ0v) is 5.05. The fraction of sp³-hybridized carbons (Fsp3) is 0.500. The van der Waals surface area contributed by atoms with Gasteiger partial charge in [-0.15, -0.1) is 0 Å². The summed E-state index contributed by atoms with van der Waals surface area (Å²) in [5.74, 6) is 0. The molecule has 0 saturated carbocycles. The van der Waals surface area contributed by atoms with Crippen molar-refractivity contribution in [3.05, 3.63) is 11.6 Å². The van der Waals surface area contributed by atoms with Gasteiger partial charge in [-0.25, -0.2) is 0 Å². The maximum atomic E-state index is 8.73. The SMILES string of the molecule is C/C(=C\C#N)C(C)O. The molecule has 1 atom stereocenters. The summed E-state index contributed by atoms with van der Waals surface area (Å²) >= 11 is 0. The van der Waals surface area contributed by atoms with Crippen molar-refractivity contribution in [3.8, 4) is 6.07 Å². The Bertz CT molecular complexity index is 130. The lowest BCUT2D eigenvalue weighted by Gasteiger charge is -1.98. The molecule has 0 aliphatic carbocycles. The van der Waals surface area contributed by atoms with Gasteiger partial charge in [0.15, 0.2) is 0 Å². The third-order valence-electron chi connectivity index (χ3n) is 0.951. The lowest BCUT2D eigenvalue weighted by Crippen LogP contribution is -1.99. The molecule has 0 amide bonds. The smallest absolute Gasteiger partial charge is 0.0912 e. The lowest BCUT2D eigenvalue weighted by molar-refractivity contribution is 0.231. The minimum absolute atomic E-state index is 0.491. The molecule has 0 spiro atoms. The van der Waals surface area contributed by atoms with Crippen molar-refractivity contribution in [3.63, 3.8) is 0 Å².